The van der Waals surface area contributed by atoms with E-state index < -0.39 is 17.9 Å². The molecule has 0 saturated carbocycles. The van der Waals surface area contributed by atoms with Crippen LogP contribution in [0, 0.1) is 13.8 Å². The van der Waals surface area contributed by atoms with Crippen LogP contribution in [-0.2, 0) is 12.7 Å². The highest BCUT2D eigenvalue weighted by molar-refractivity contribution is 5.85. The number of aryl methyl sites for hydroxylation is 2. The second-order valence-corrected chi connectivity index (χ2v) is 6.92. The zero-order valence-electron chi connectivity index (χ0n) is 17.3. The molecule has 33 heavy (non-hydrogen) atoms. The maximum absolute atomic E-state index is 12.7. The highest BCUT2D eigenvalue weighted by Crippen LogP contribution is 2.28. The fourth-order valence-corrected chi connectivity index (χ4v) is 3.02. The van der Waals surface area contributed by atoms with Crippen LogP contribution in [0.5, 0.6) is 0 Å². The summed E-state index contributed by atoms with van der Waals surface area (Å²) in [6.07, 6.45) is -1.60. The fraction of sp³-hybridized carbons (Fsp3) is 0.200. The zero-order valence-corrected chi connectivity index (χ0v) is 17.3. The van der Waals surface area contributed by atoms with E-state index in [1.165, 1.54) is 16.9 Å². The average molecular weight is 459 g/mol. The van der Waals surface area contributed by atoms with Gasteiger partial charge >= 0.3 is 12.1 Å². The normalized spacial score (nSPS) is 12.2. The molecule has 10 nitrogen and oxygen atoms in total. The Labute approximate surface area is 184 Å². The van der Waals surface area contributed by atoms with Gasteiger partial charge in [-0.25, -0.2) is 9.98 Å². The average Bonchev–Trinajstić information content (AvgIpc) is 3.33. The highest BCUT2D eigenvalue weighted by atomic mass is 19.4. The second kappa shape index (κ2) is 8.68. The van der Waals surface area contributed by atoms with E-state index in [4.69, 9.17) is 9.05 Å². The van der Waals surface area contributed by atoms with Gasteiger partial charge in [0, 0.05) is 17.3 Å². The van der Waals surface area contributed by atoms with Gasteiger partial charge in [0.05, 0.1) is 11.7 Å². The van der Waals surface area contributed by atoms with E-state index >= 15 is 0 Å². The van der Waals surface area contributed by atoms with Crippen LogP contribution in [0.25, 0.3) is 11.1 Å². The van der Waals surface area contributed by atoms with Crippen molar-refractivity contribution in [3.05, 3.63) is 65.6 Å². The first-order valence-corrected chi connectivity index (χ1v) is 9.50. The molecule has 4 rings (SSSR count). The van der Waals surface area contributed by atoms with Crippen molar-refractivity contribution in [1.82, 2.24) is 20.4 Å². The number of halogens is 3. The molecule has 0 amide bonds. The molecule has 0 fully saturated rings. The smallest absolute Gasteiger partial charge is 0.433 e. The Morgan fingerprint density at radius 3 is 2.67 bits per heavy atom. The number of nitrogens with one attached hydrogen (secondary N) is 1. The van der Waals surface area contributed by atoms with Gasteiger partial charge in [-0.3, -0.25) is 9.51 Å². The molecule has 0 radical (unpaired) electrons. The second-order valence-electron chi connectivity index (χ2n) is 6.92. The van der Waals surface area contributed by atoms with Crippen molar-refractivity contribution in [3.8, 4) is 11.1 Å². The number of aromatic nitrogens is 5. The van der Waals surface area contributed by atoms with Gasteiger partial charge in [-0.1, -0.05) is 17.3 Å². The van der Waals surface area contributed by atoms with Crippen LogP contribution in [0.15, 0.2) is 56.8 Å². The van der Waals surface area contributed by atoms with Gasteiger partial charge in [0.25, 0.3) is 6.20 Å². The number of anilines is 1. The summed E-state index contributed by atoms with van der Waals surface area (Å²) in [5, 5.41) is 21.8. The molecule has 0 aliphatic carbocycles. The van der Waals surface area contributed by atoms with E-state index in [1.54, 1.807) is 12.3 Å². The summed E-state index contributed by atoms with van der Waals surface area (Å²) in [6.45, 7) is 3.89. The van der Waals surface area contributed by atoms with Crippen molar-refractivity contribution in [2.45, 2.75) is 26.6 Å². The summed E-state index contributed by atoms with van der Waals surface area (Å²) >= 11 is 0. The van der Waals surface area contributed by atoms with Crippen molar-refractivity contribution in [2.75, 3.05) is 5.32 Å². The minimum atomic E-state index is -4.63. The lowest BCUT2D eigenvalue weighted by Gasteiger charge is -2.13. The Hall–Kier alpha value is -4.29. The molecule has 0 saturated heterocycles. The summed E-state index contributed by atoms with van der Waals surface area (Å²) in [4.78, 5) is 11.3. The van der Waals surface area contributed by atoms with E-state index in [1.807, 2.05) is 19.9 Å². The molecule has 0 atom stereocenters. The minimum Gasteiger partial charge on any atom is -0.846 e. The van der Waals surface area contributed by atoms with E-state index in [-0.39, 0.29) is 18.2 Å². The van der Waals surface area contributed by atoms with Crippen LogP contribution in [0.4, 0.5) is 24.9 Å². The quantitative estimate of drug-likeness (QED) is 0.274. The largest absolute Gasteiger partial charge is 0.846 e. The highest BCUT2D eigenvalue weighted by Gasteiger charge is 2.32. The third-order valence-corrected chi connectivity index (χ3v) is 4.46. The number of alkyl halides is 3. The van der Waals surface area contributed by atoms with Crippen molar-refractivity contribution < 1.29 is 32.0 Å². The number of nitrogens with zero attached hydrogens (tertiary/aromatic N) is 6. The summed E-state index contributed by atoms with van der Waals surface area (Å²) in [5.74, 6) is 0.248. The fourth-order valence-electron chi connectivity index (χ4n) is 3.02. The van der Waals surface area contributed by atoms with Crippen LogP contribution in [-0.4, -0.2) is 26.4 Å². The van der Waals surface area contributed by atoms with Crippen LogP contribution >= 0.6 is 0 Å². The maximum atomic E-state index is 12.7. The van der Waals surface area contributed by atoms with Crippen molar-refractivity contribution in [3.63, 3.8) is 0 Å². The number of hydrogen-bond donors (Lipinski definition) is 1. The predicted octanol–water partition coefficient (Wildman–Crippen LogP) is 2.55. The Balaban J connectivity index is 1.42. The molecule has 0 spiro atoms. The summed E-state index contributed by atoms with van der Waals surface area (Å²) < 4.78 is 49.7. The molecule has 0 aromatic carbocycles. The lowest BCUT2D eigenvalue weighted by Crippen LogP contribution is -2.35. The molecule has 1 N–H and O–H groups in total. The molecule has 0 aliphatic rings. The third-order valence-electron chi connectivity index (χ3n) is 4.46. The van der Waals surface area contributed by atoms with Crippen LogP contribution < -0.4 is 15.1 Å². The number of rotatable bonds is 5. The lowest BCUT2D eigenvalue weighted by atomic mass is 10.1. The molecule has 13 heteroatoms. The zero-order chi connectivity index (χ0) is 23.6. The first kappa shape index (κ1) is 21.9. The van der Waals surface area contributed by atoms with Gasteiger partial charge in [-0.15, -0.1) is 0 Å². The molecule has 0 unspecified atom stereocenters. The molecule has 0 bridgehead atoms. The third kappa shape index (κ3) is 5.14. The molecule has 4 aromatic rings. The first-order valence-electron chi connectivity index (χ1n) is 9.50. The number of aliphatic imine (C=N–C) groups is 1. The van der Waals surface area contributed by atoms with Crippen LogP contribution in [0.1, 0.15) is 22.8 Å². The van der Waals surface area contributed by atoms with Crippen molar-refractivity contribution >= 4 is 17.7 Å². The molecular weight excluding hydrogens is 443 g/mol. The number of amidine groups is 1. The van der Waals surface area contributed by atoms with Gasteiger partial charge in [-0.2, -0.15) is 13.2 Å². The topological polar surface area (TPSA) is 129 Å². The van der Waals surface area contributed by atoms with Crippen molar-refractivity contribution in [2.24, 2.45) is 4.99 Å². The lowest BCUT2D eigenvalue weighted by molar-refractivity contribution is -0.755. The Morgan fingerprint density at radius 2 is 2.00 bits per heavy atom. The number of hydrogen-bond acceptors (Lipinski definition) is 8. The molecular formula is C20H16F3N7O3. The molecule has 170 valence electrons. The van der Waals surface area contributed by atoms with E-state index in [2.05, 4.69) is 30.7 Å². The maximum Gasteiger partial charge on any atom is 0.433 e. The van der Waals surface area contributed by atoms with E-state index in [0.29, 0.717) is 11.5 Å². The molecule has 4 heterocycles. The molecule has 4 aromatic heterocycles. The summed E-state index contributed by atoms with van der Waals surface area (Å²) in [7, 11) is 0. The first-order chi connectivity index (χ1) is 15.7. The Morgan fingerprint density at radius 1 is 1.18 bits per heavy atom. The van der Waals surface area contributed by atoms with Gasteiger partial charge in [-0.05, 0) is 36.7 Å². The Kier molecular flexibility index (Phi) is 5.77. The van der Waals surface area contributed by atoms with Crippen molar-refractivity contribution in [1.29, 1.82) is 0 Å². The molecule has 0 aliphatic heterocycles. The monoisotopic (exact) mass is 459 g/mol. The minimum absolute atomic E-state index is 0.146. The SMILES string of the molecule is Cc1noc(C)c1-c1ccc(C[n+]2cc(N=C([O-])Nc3cccc(C(F)(F)F)n3)on2)nc1. The van der Waals surface area contributed by atoms with Crippen LogP contribution in [0.2, 0.25) is 0 Å². The van der Waals surface area contributed by atoms with Gasteiger partial charge in [0.2, 0.25) is 11.8 Å². The number of pyridine rings is 2. The summed E-state index contributed by atoms with van der Waals surface area (Å²) in [6, 6.07) is 5.83. The van der Waals surface area contributed by atoms with Crippen LogP contribution in [0.3, 0.4) is 0 Å². The Bertz CT molecular complexity index is 1280. The van der Waals surface area contributed by atoms with Gasteiger partial charge < -0.3 is 14.9 Å². The predicted molar refractivity (Wildman–Crippen MR) is 105 cm³/mol. The standard InChI is InChI=1S/C20H16F3N7O3/c1-11-18(12(2)32-28-11)13-6-7-14(24-8-13)9-30-10-17(33-29-30)27-19(31)26-16-5-3-4-15(25-16)20(21,22)23/h3-8,10H,9H2,1-2H3,(H-,25,26,27,29,31). The van der Waals surface area contributed by atoms with E-state index in [9.17, 15) is 18.3 Å². The van der Waals surface area contributed by atoms with Gasteiger partial charge in [0.1, 0.15) is 23.0 Å². The summed E-state index contributed by atoms with van der Waals surface area (Å²) in [5.41, 5.74) is 2.03. The van der Waals surface area contributed by atoms with Gasteiger partial charge in [0.15, 0.2) is 0 Å². The van der Waals surface area contributed by atoms with E-state index in [0.717, 1.165) is 29.0 Å².